The molecule has 0 spiro atoms. The van der Waals surface area contributed by atoms with Crippen LogP contribution in [0, 0.1) is 6.92 Å². The Kier molecular flexibility index (Phi) is 3.83. The predicted molar refractivity (Wildman–Crippen MR) is 80.8 cm³/mol. The summed E-state index contributed by atoms with van der Waals surface area (Å²) in [5.74, 6) is 0.744. The SMILES string of the molecule is Cc1cccc(CC(=O)NCc2csc(C3CC3)n2)c1. The van der Waals surface area contributed by atoms with E-state index in [1.165, 1.54) is 23.4 Å². The van der Waals surface area contributed by atoms with Crippen molar-refractivity contribution in [3.63, 3.8) is 0 Å². The van der Waals surface area contributed by atoms with Gasteiger partial charge in [0, 0.05) is 11.3 Å². The van der Waals surface area contributed by atoms with Crippen molar-refractivity contribution in [1.29, 1.82) is 0 Å². The van der Waals surface area contributed by atoms with E-state index in [2.05, 4.69) is 15.7 Å². The third-order valence-corrected chi connectivity index (χ3v) is 4.47. The van der Waals surface area contributed by atoms with E-state index < -0.39 is 0 Å². The van der Waals surface area contributed by atoms with E-state index in [9.17, 15) is 4.79 Å². The third kappa shape index (κ3) is 3.45. The van der Waals surface area contributed by atoms with Gasteiger partial charge >= 0.3 is 0 Å². The zero-order valence-corrected chi connectivity index (χ0v) is 12.4. The Morgan fingerprint density at radius 2 is 2.30 bits per heavy atom. The Balaban J connectivity index is 1.51. The number of amides is 1. The number of rotatable bonds is 5. The molecule has 1 aromatic carbocycles. The van der Waals surface area contributed by atoms with Crippen molar-refractivity contribution in [2.75, 3.05) is 0 Å². The van der Waals surface area contributed by atoms with Gasteiger partial charge in [-0.05, 0) is 25.3 Å². The summed E-state index contributed by atoms with van der Waals surface area (Å²) < 4.78 is 0. The lowest BCUT2D eigenvalue weighted by molar-refractivity contribution is -0.120. The Hall–Kier alpha value is -1.68. The van der Waals surface area contributed by atoms with E-state index >= 15 is 0 Å². The largest absolute Gasteiger partial charge is 0.350 e. The number of hydrogen-bond acceptors (Lipinski definition) is 3. The summed E-state index contributed by atoms with van der Waals surface area (Å²) in [6.07, 6.45) is 2.97. The normalized spacial score (nSPS) is 14.2. The summed E-state index contributed by atoms with van der Waals surface area (Å²) in [5.41, 5.74) is 3.22. The summed E-state index contributed by atoms with van der Waals surface area (Å²) >= 11 is 1.72. The standard InChI is InChI=1S/C16H18N2OS/c1-11-3-2-4-12(7-11)8-15(19)17-9-14-10-20-16(18-14)13-5-6-13/h2-4,7,10,13H,5-6,8-9H2,1H3,(H,17,19). The number of nitrogens with one attached hydrogen (secondary N) is 1. The van der Waals surface area contributed by atoms with Crippen LogP contribution in [0.25, 0.3) is 0 Å². The van der Waals surface area contributed by atoms with E-state index in [0.717, 1.165) is 11.3 Å². The molecule has 4 heteroatoms. The van der Waals surface area contributed by atoms with Crippen molar-refractivity contribution in [1.82, 2.24) is 10.3 Å². The number of aromatic nitrogens is 1. The molecule has 0 atom stereocenters. The van der Waals surface area contributed by atoms with Crippen LogP contribution in [0.3, 0.4) is 0 Å². The van der Waals surface area contributed by atoms with Crippen LogP contribution in [0.2, 0.25) is 0 Å². The molecule has 104 valence electrons. The average molecular weight is 286 g/mol. The minimum Gasteiger partial charge on any atom is -0.350 e. The first-order valence-electron chi connectivity index (χ1n) is 6.97. The van der Waals surface area contributed by atoms with Crippen molar-refractivity contribution in [2.45, 2.75) is 38.6 Å². The third-order valence-electron chi connectivity index (χ3n) is 3.41. The first-order valence-corrected chi connectivity index (χ1v) is 7.85. The molecule has 1 aliphatic carbocycles. The second-order valence-corrected chi connectivity index (χ2v) is 6.28. The van der Waals surface area contributed by atoms with Crippen LogP contribution in [-0.4, -0.2) is 10.9 Å². The Bertz CT molecular complexity index is 616. The maximum Gasteiger partial charge on any atom is 0.224 e. The summed E-state index contributed by atoms with van der Waals surface area (Å²) in [5, 5.41) is 6.23. The minimum absolute atomic E-state index is 0.0524. The summed E-state index contributed by atoms with van der Waals surface area (Å²) in [7, 11) is 0. The highest BCUT2D eigenvalue weighted by molar-refractivity contribution is 7.09. The highest BCUT2D eigenvalue weighted by Gasteiger charge is 2.26. The van der Waals surface area contributed by atoms with Gasteiger partial charge in [0.15, 0.2) is 0 Å². The number of thiazole rings is 1. The molecule has 3 nitrogen and oxygen atoms in total. The maximum atomic E-state index is 11.9. The molecule has 0 saturated heterocycles. The molecule has 3 rings (SSSR count). The van der Waals surface area contributed by atoms with Crippen molar-refractivity contribution < 1.29 is 4.79 Å². The molecule has 1 N–H and O–H groups in total. The number of aryl methyl sites for hydroxylation is 1. The van der Waals surface area contributed by atoms with Crippen molar-refractivity contribution in [2.24, 2.45) is 0 Å². The first kappa shape index (κ1) is 13.3. The van der Waals surface area contributed by atoms with Crippen LogP contribution in [-0.2, 0) is 17.8 Å². The van der Waals surface area contributed by atoms with Gasteiger partial charge in [0.2, 0.25) is 5.91 Å². The molecule has 0 aliphatic heterocycles. The number of hydrogen-bond donors (Lipinski definition) is 1. The number of carbonyl (C=O) groups excluding carboxylic acids is 1. The van der Waals surface area contributed by atoms with Gasteiger partial charge in [-0.3, -0.25) is 4.79 Å². The fraction of sp³-hybridized carbons (Fsp3) is 0.375. The van der Waals surface area contributed by atoms with Gasteiger partial charge in [0.05, 0.1) is 23.7 Å². The maximum absolute atomic E-state index is 11.9. The van der Waals surface area contributed by atoms with Crippen LogP contribution >= 0.6 is 11.3 Å². The average Bonchev–Trinajstić information content (AvgIpc) is 3.16. The first-order chi connectivity index (χ1) is 9.70. The molecule has 1 heterocycles. The van der Waals surface area contributed by atoms with Crippen molar-refractivity contribution >= 4 is 17.2 Å². The lowest BCUT2D eigenvalue weighted by atomic mass is 10.1. The number of benzene rings is 1. The minimum atomic E-state index is 0.0524. The molecule has 1 fully saturated rings. The fourth-order valence-electron chi connectivity index (χ4n) is 2.18. The van der Waals surface area contributed by atoms with Gasteiger partial charge in [0.1, 0.15) is 0 Å². The molecular formula is C16H18N2OS. The van der Waals surface area contributed by atoms with Gasteiger partial charge in [-0.1, -0.05) is 29.8 Å². The molecule has 0 bridgehead atoms. The highest BCUT2D eigenvalue weighted by atomic mass is 32.1. The molecular weight excluding hydrogens is 268 g/mol. The van der Waals surface area contributed by atoms with Crippen molar-refractivity contribution in [3.8, 4) is 0 Å². The Morgan fingerprint density at radius 3 is 3.05 bits per heavy atom. The Morgan fingerprint density at radius 1 is 1.45 bits per heavy atom. The smallest absolute Gasteiger partial charge is 0.224 e. The zero-order valence-electron chi connectivity index (χ0n) is 11.6. The van der Waals surface area contributed by atoms with Gasteiger partial charge in [0.25, 0.3) is 0 Å². The van der Waals surface area contributed by atoms with Gasteiger partial charge in [-0.25, -0.2) is 4.98 Å². The molecule has 1 amide bonds. The van der Waals surface area contributed by atoms with Crippen LogP contribution in [0.15, 0.2) is 29.6 Å². The highest BCUT2D eigenvalue weighted by Crippen LogP contribution is 2.41. The van der Waals surface area contributed by atoms with Crippen LogP contribution in [0.5, 0.6) is 0 Å². The number of nitrogens with zero attached hydrogens (tertiary/aromatic N) is 1. The fourth-order valence-corrected chi connectivity index (χ4v) is 3.17. The lowest BCUT2D eigenvalue weighted by Gasteiger charge is -2.04. The Labute approximate surface area is 123 Å². The molecule has 1 saturated carbocycles. The topological polar surface area (TPSA) is 42.0 Å². The van der Waals surface area contributed by atoms with E-state index in [1.807, 2.05) is 31.2 Å². The lowest BCUT2D eigenvalue weighted by Crippen LogP contribution is -2.24. The molecule has 2 aromatic rings. The second-order valence-electron chi connectivity index (χ2n) is 5.39. The quantitative estimate of drug-likeness (QED) is 0.917. The summed E-state index contributed by atoms with van der Waals surface area (Å²) in [6.45, 7) is 2.57. The van der Waals surface area contributed by atoms with E-state index in [4.69, 9.17) is 0 Å². The van der Waals surface area contributed by atoms with Crippen LogP contribution in [0.1, 0.15) is 40.6 Å². The molecule has 0 unspecified atom stereocenters. The molecule has 1 aromatic heterocycles. The zero-order chi connectivity index (χ0) is 13.9. The molecule has 20 heavy (non-hydrogen) atoms. The summed E-state index contributed by atoms with van der Waals surface area (Å²) in [6, 6.07) is 8.06. The van der Waals surface area contributed by atoms with Gasteiger partial charge in [-0.2, -0.15) is 0 Å². The molecule has 0 radical (unpaired) electrons. The van der Waals surface area contributed by atoms with Crippen LogP contribution in [0.4, 0.5) is 0 Å². The number of carbonyl (C=O) groups is 1. The molecule has 1 aliphatic rings. The summed E-state index contributed by atoms with van der Waals surface area (Å²) in [4.78, 5) is 16.5. The monoisotopic (exact) mass is 286 g/mol. The van der Waals surface area contributed by atoms with E-state index in [-0.39, 0.29) is 5.91 Å². The van der Waals surface area contributed by atoms with E-state index in [1.54, 1.807) is 11.3 Å². The predicted octanol–water partition coefficient (Wildman–Crippen LogP) is 3.19. The van der Waals surface area contributed by atoms with Crippen LogP contribution < -0.4 is 5.32 Å². The van der Waals surface area contributed by atoms with Gasteiger partial charge < -0.3 is 5.32 Å². The van der Waals surface area contributed by atoms with E-state index in [0.29, 0.717) is 18.9 Å². The second kappa shape index (κ2) is 5.75. The van der Waals surface area contributed by atoms with Gasteiger partial charge in [-0.15, -0.1) is 11.3 Å². The van der Waals surface area contributed by atoms with Crippen molar-refractivity contribution in [3.05, 3.63) is 51.5 Å².